The summed E-state index contributed by atoms with van der Waals surface area (Å²) in [7, 11) is 0. The SMILES string of the molecule is CCCc1nc(-c2ccc(C)s2)cc(=O)[nH]1. The molecule has 2 heterocycles. The van der Waals surface area contributed by atoms with E-state index in [0.717, 1.165) is 29.2 Å². The van der Waals surface area contributed by atoms with Crippen LogP contribution in [-0.4, -0.2) is 9.97 Å². The van der Waals surface area contributed by atoms with Gasteiger partial charge in [0.2, 0.25) is 0 Å². The molecular formula is C12H14N2OS. The smallest absolute Gasteiger partial charge is 0.251 e. The van der Waals surface area contributed by atoms with E-state index in [1.807, 2.05) is 19.1 Å². The van der Waals surface area contributed by atoms with Crippen LogP contribution in [-0.2, 0) is 6.42 Å². The predicted octanol–water partition coefficient (Wildman–Crippen LogP) is 2.76. The third-order valence-electron chi connectivity index (χ3n) is 2.27. The minimum absolute atomic E-state index is 0.0699. The summed E-state index contributed by atoms with van der Waals surface area (Å²) in [6.07, 6.45) is 1.79. The number of rotatable bonds is 3. The molecule has 3 nitrogen and oxygen atoms in total. The van der Waals surface area contributed by atoms with Gasteiger partial charge < -0.3 is 4.98 Å². The van der Waals surface area contributed by atoms with Crippen LogP contribution in [0.25, 0.3) is 10.6 Å². The second-order valence-electron chi connectivity index (χ2n) is 3.74. The number of H-pyrrole nitrogens is 1. The molecule has 0 aromatic carbocycles. The maximum atomic E-state index is 11.5. The first-order valence-electron chi connectivity index (χ1n) is 5.36. The van der Waals surface area contributed by atoms with Crippen LogP contribution in [0, 0.1) is 6.92 Å². The van der Waals surface area contributed by atoms with Gasteiger partial charge in [-0.25, -0.2) is 4.98 Å². The Hall–Kier alpha value is -1.42. The van der Waals surface area contributed by atoms with Crippen LogP contribution in [0.15, 0.2) is 23.0 Å². The summed E-state index contributed by atoms with van der Waals surface area (Å²) in [5.74, 6) is 0.774. The Morgan fingerprint density at radius 3 is 2.88 bits per heavy atom. The molecule has 1 N–H and O–H groups in total. The number of aryl methyl sites for hydroxylation is 2. The Balaban J connectivity index is 2.44. The summed E-state index contributed by atoms with van der Waals surface area (Å²) < 4.78 is 0. The normalized spacial score (nSPS) is 10.6. The summed E-state index contributed by atoms with van der Waals surface area (Å²) in [5, 5.41) is 0. The van der Waals surface area contributed by atoms with Crippen molar-refractivity contribution < 1.29 is 0 Å². The lowest BCUT2D eigenvalue weighted by atomic mass is 10.3. The lowest BCUT2D eigenvalue weighted by molar-refractivity contribution is 0.828. The first-order chi connectivity index (χ1) is 7.69. The molecule has 0 fully saturated rings. The lowest BCUT2D eigenvalue weighted by Gasteiger charge is -2.00. The van der Waals surface area contributed by atoms with Gasteiger partial charge in [0, 0.05) is 17.4 Å². The van der Waals surface area contributed by atoms with Crippen molar-refractivity contribution in [3.8, 4) is 10.6 Å². The molecule has 0 aliphatic carbocycles. The monoisotopic (exact) mass is 234 g/mol. The average Bonchev–Trinajstić information content (AvgIpc) is 2.64. The first-order valence-corrected chi connectivity index (χ1v) is 6.17. The number of thiophene rings is 1. The Morgan fingerprint density at radius 1 is 1.44 bits per heavy atom. The predicted molar refractivity (Wildman–Crippen MR) is 66.9 cm³/mol. The van der Waals surface area contributed by atoms with Crippen LogP contribution < -0.4 is 5.56 Å². The third kappa shape index (κ3) is 2.39. The number of nitrogens with zero attached hydrogens (tertiary/aromatic N) is 1. The highest BCUT2D eigenvalue weighted by atomic mass is 32.1. The lowest BCUT2D eigenvalue weighted by Crippen LogP contribution is -2.10. The van der Waals surface area contributed by atoms with Crippen molar-refractivity contribution in [2.24, 2.45) is 0 Å². The van der Waals surface area contributed by atoms with E-state index in [0.29, 0.717) is 0 Å². The largest absolute Gasteiger partial charge is 0.311 e. The summed E-state index contributed by atoms with van der Waals surface area (Å²) >= 11 is 1.66. The van der Waals surface area contributed by atoms with Gasteiger partial charge in [-0.2, -0.15) is 0 Å². The zero-order valence-corrected chi connectivity index (χ0v) is 10.2. The summed E-state index contributed by atoms with van der Waals surface area (Å²) in [6, 6.07) is 5.62. The minimum atomic E-state index is -0.0699. The van der Waals surface area contributed by atoms with Gasteiger partial charge in [0.05, 0.1) is 10.6 Å². The van der Waals surface area contributed by atoms with Gasteiger partial charge in [0.25, 0.3) is 5.56 Å². The molecule has 0 bridgehead atoms. The van der Waals surface area contributed by atoms with Gasteiger partial charge in [-0.3, -0.25) is 4.79 Å². The van der Waals surface area contributed by atoms with Crippen LogP contribution in [0.2, 0.25) is 0 Å². The van der Waals surface area contributed by atoms with Crippen molar-refractivity contribution in [3.63, 3.8) is 0 Å². The molecule has 16 heavy (non-hydrogen) atoms. The van der Waals surface area contributed by atoms with E-state index in [-0.39, 0.29) is 5.56 Å². The van der Waals surface area contributed by atoms with Gasteiger partial charge in [-0.1, -0.05) is 6.92 Å². The standard InChI is InChI=1S/C12H14N2OS/c1-3-4-11-13-9(7-12(15)14-11)10-6-5-8(2)16-10/h5-7H,3-4H2,1-2H3,(H,13,14,15). The molecule has 0 spiro atoms. The molecule has 0 saturated carbocycles. The van der Waals surface area contributed by atoms with E-state index >= 15 is 0 Å². The number of aromatic amines is 1. The summed E-state index contributed by atoms with van der Waals surface area (Å²) in [4.78, 5) is 21.0. The molecule has 2 aromatic rings. The highest BCUT2D eigenvalue weighted by Gasteiger charge is 2.05. The van der Waals surface area contributed by atoms with E-state index in [1.165, 1.54) is 4.88 Å². The van der Waals surface area contributed by atoms with Crippen LogP contribution in [0.3, 0.4) is 0 Å². The average molecular weight is 234 g/mol. The van der Waals surface area contributed by atoms with Gasteiger partial charge in [-0.15, -0.1) is 11.3 Å². The molecule has 0 atom stereocenters. The molecule has 4 heteroatoms. The van der Waals surface area contributed by atoms with Gasteiger partial charge in [0.1, 0.15) is 5.82 Å². The Labute approximate surface area is 98.2 Å². The molecular weight excluding hydrogens is 220 g/mol. The number of aromatic nitrogens is 2. The third-order valence-corrected chi connectivity index (χ3v) is 3.29. The number of hydrogen-bond donors (Lipinski definition) is 1. The molecule has 0 unspecified atom stereocenters. The Kier molecular flexibility index (Phi) is 3.19. The zero-order valence-electron chi connectivity index (χ0n) is 9.41. The maximum absolute atomic E-state index is 11.5. The topological polar surface area (TPSA) is 45.8 Å². The number of hydrogen-bond acceptors (Lipinski definition) is 3. The van der Waals surface area contributed by atoms with Gasteiger partial charge in [-0.05, 0) is 25.5 Å². The second-order valence-corrected chi connectivity index (χ2v) is 5.03. The van der Waals surface area contributed by atoms with E-state index in [4.69, 9.17) is 0 Å². The quantitative estimate of drug-likeness (QED) is 0.887. The van der Waals surface area contributed by atoms with E-state index in [9.17, 15) is 4.79 Å². The fraction of sp³-hybridized carbons (Fsp3) is 0.333. The zero-order chi connectivity index (χ0) is 11.5. The molecule has 0 amide bonds. The maximum Gasteiger partial charge on any atom is 0.251 e. The molecule has 84 valence electrons. The Morgan fingerprint density at radius 2 is 2.25 bits per heavy atom. The van der Waals surface area contributed by atoms with Crippen molar-refractivity contribution in [2.45, 2.75) is 26.7 Å². The van der Waals surface area contributed by atoms with Crippen molar-refractivity contribution in [1.82, 2.24) is 9.97 Å². The second kappa shape index (κ2) is 4.61. The highest BCUT2D eigenvalue weighted by molar-refractivity contribution is 7.15. The highest BCUT2D eigenvalue weighted by Crippen LogP contribution is 2.25. The molecule has 0 aliphatic heterocycles. The van der Waals surface area contributed by atoms with Crippen LogP contribution in [0.5, 0.6) is 0 Å². The fourth-order valence-electron chi connectivity index (χ4n) is 1.56. The number of nitrogens with one attached hydrogen (secondary N) is 1. The van der Waals surface area contributed by atoms with Crippen molar-refractivity contribution in [3.05, 3.63) is 39.3 Å². The van der Waals surface area contributed by atoms with Crippen LogP contribution in [0.1, 0.15) is 24.0 Å². The molecule has 0 radical (unpaired) electrons. The van der Waals surface area contributed by atoms with Crippen molar-refractivity contribution in [1.29, 1.82) is 0 Å². The van der Waals surface area contributed by atoms with E-state index in [1.54, 1.807) is 17.4 Å². The van der Waals surface area contributed by atoms with E-state index < -0.39 is 0 Å². The fourth-order valence-corrected chi connectivity index (χ4v) is 2.39. The summed E-state index contributed by atoms with van der Waals surface area (Å²) in [6.45, 7) is 4.12. The first kappa shape index (κ1) is 11.1. The molecule has 0 aliphatic rings. The minimum Gasteiger partial charge on any atom is -0.311 e. The molecule has 0 saturated heterocycles. The van der Waals surface area contributed by atoms with Crippen molar-refractivity contribution >= 4 is 11.3 Å². The Bertz CT molecular complexity index is 542. The molecule has 2 aromatic heterocycles. The van der Waals surface area contributed by atoms with Gasteiger partial charge >= 0.3 is 0 Å². The molecule has 2 rings (SSSR count). The summed E-state index contributed by atoms with van der Waals surface area (Å²) in [5.41, 5.74) is 0.713. The van der Waals surface area contributed by atoms with E-state index in [2.05, 4.69) is 16.9 Å². The van der Waals surface area contributed by atoms with Crippen LogP contribution >= 0.6 is 11.3 Å². The van der Waals surface area contributed by atoms with Crippen molar-refractivity contribution in [2.75, 3.05) is 0 Å². The van der Waals surface area contributed by atoms with Gasteiger partial charge in [0.15, 0.2) is 0 Å². The van der Waals surface area contributed by atoms with Crippen LogP contribution in [0.4, 0.5) is 0 Å².